The predicted octanol–water partition coefficient (Wildman–Crippen LogP) is 2.65. The molecule has 0 spiro atoms. The van der Waals surface area contributed by atoms with E-state index in [2.05, 4.69) is 0 Å². The van der Waals surface area contributed by atoms with Gasteiger partial charge in [0.05, 0.1) is 4.92 Å². The summed E-state index contributed by atoms with van der Waals surface area (Å²) >= 11 is 1.93. The summed E-state index contributed by atoms with van der Waals surface area (Å²) in [5, 5.41) is 10.2. The van der Waals surface area contributed by atoms with Gasteiger partial charge in [0, 0.05) is 9.64 Å². The zero-order valence-corrected chi connectivity index (χ0v) is 8.33. The second kappa shape index (κ2) is 3.34. The monoisotopic (exact) mass is 281 g/mol. The molecule has 0 fully saturated rings. The molecule has 0 saturated carbocycles. The molecule has 0 amide bonds. The molecule has 0 heterocycles. The zero-order chi connectivity index (χ0) is 9.30. The lowest BCUT2D eigenvalue weighted by molar-refractivity contribution is -0.387. The Bertz CT molecular complexity index is 340. The lowest BCUT2D eigenvalue weighted by Crippen LogP contribution is -1.94. The van der Waals surface area contributed by atoms with Crippen LogP contribution in [0, 0.1) is 26.4 Å². The van der Waals surface area contributed by atoms with E-state index in [-0.39, 0.29) is 0 Å². The average Bonchev–Trinajstić information content (AvgIpc) is 1.96. The molecule has 5 heteroatoms. The number of nitro groups is 1. The first-order valence-electron chi connectivity index (χ1n) is 3.12. The molecule has 0 radical (unpaired) electrons. The third-order valence-corrected chi connectivity index (χ3v) is 2.59. The SMILES string of the molecule is Cc1cc([N+](=O)[O-])c(F)cc1I. The van der Waals surface area contributed by atoms with Gasteiger partial charge in [0.15, 0.2) is 0 Å². The second-order valence-corrected chi connectivity index (χ2v) is 3.47. The fourth-order valence-electron chi connectivity index (χ4n) is 0.782. The van der Waals surface area contributed by atoms with Crippen LogP contribution >= 0.6 is 22.6 Å². The highest BCUT2D eigenvalue weighted by molar-refractivity contribution is 14.1. The Labute approximate surface area is 81.9 Å². The molecule has 0 saturated heterocycles. The molecule has 0 aliphatic heterocycles. The fourth-order valence-corrected chi connectivity index (χ4v) is 1.21. The van der Waals surface area contributed by atoms with Crippen molar-refractivity contribution in [3.8, 4) is 0 Å². The number of hydrogen-bond acceptors (Lipinski definition) is 2. The van der Waals surface area contributed by atoms with Crippen molar-refractivity contribution in [2.45, 2.75) is 6.92 Å². The normalized spacial score (nSPS) is 9.92. The molecule has 0 aliphatic carbocycles. The van der Waals surface area contributed by atoms with Crippen LogP contribution in [0.2, 0.25) is 0 Å². The molecule has 1 rings (SSSR count). The molecule has 0 aliphatic rings. The minimum atomic E-state index is -0.782. The van der Waals surface area contributed by atoms with Crippen molar-refractivity contribution >= 4 is 28.3 Å². The first-order chi connectivity index (χ1) is 5.52. The zero-order valence-electron chi connectivity index (χ0n) is 6.17. The molecule has 0 N–H and O–H groups in total. The molecule has 1 aromatic rings. The number of hydrogen-bond donors (Lipinski definition) is 0. The Morgan fingerprint density at radius 1 is 1.58 bits per heavy atom. The highest BCUT2D eigenvalue weighted by Crippen LogP contribution is 2.22. The van der Waals surface area contributed by atoms with Gasteiger partial charge < -0.3 is 0 Å². The highest BCUT2D eigenvalue weighted by atomic mass is 127. The van der Waals surface area contributed by atoms with Gasteiger partial charge in [-0.15, -0.1) is 0 Å². The molecular formula is C7H5FINO2. The van der Waals surface area contributed by atoms with Crippen LogP contribution in [-0.2, 0) is 0 Å². The van der Waals surface area contributed by atoms with Gasteiger partial charge in [0.1, 0.15) is 0 Å². The largest absolute Gasteiger partial charge is 0.305 e. The standard InChI is InChI=1S/C7H5FINO2/c1-4-2-7(10(11)12)5(8)3-6(4)9/h2-3H,1H3. The van der Waals surface area contributed by atoms with Crippen LogP contribution in [0.4, 0.5) is 10.1 Å². The number of rotatable bonds is 1. The third kappa shape index (κ3) is 1.71. The summed E-state index contributed by atoms with van der Waals surface area (Å²) in [6.07, 6.45) is 0. The first-order valence-corrected chi connectivity index (χ1v) is 4.20. The smallest absolute Gasteiger partial charge is 0.258 e. The Morgan fingerprint density at radius 3 is 2.67 bits per heavy atom. The molecule has 0 bridgehead atoms. The maximum Gasteiger partial charge on any atom is 0.305 e. The van der Waals surface area contributed by atoms with Crippen LogP contribution in [0.1, 0.15) is 5.56 Å². The second-order valence-electron chi connectivity index (χ2n) is 2.31. The Balaban J connectivity index is 3.33. The maximum atomic E-state index is 12.8. The van der Waals surface area contributed by atoms with Crippen molar-refractivity contribution in [1.29, 1.82) is 0 Å². The van der Waals surface area contributed by atoms with Crippen LogP contribution < -0.4 is 0 Å². The Hall–Kier alpha value is -0.720. The van der Waals surface area contributed by atoms with E-state index in [0.717, 1.165) is 6.07 Å². The lowest BCUT2D eigenvalue weighted by atomic mass is 10.2. The van der Waals surface area contributed by atoms with Crippen LogP contribution in [0.3, 0.4) is 0 Å². The molecule has 0 aromatic heterocycles. The minimum absolute atomic E-state index is 0.465. The summed E-state index contributed by atoms with van der Waals surface area (Å²) in [6.45, 7) is 1.70. The number of nitro benzene ring substituents is 1. The van der Waals surface area contributed by atoms with E-state index in [1.165, 1.54) is 6.07 Å². The molecule has 12 heavy (non-hydrogen) atoms. The molecule has 1 aromatic carbocycles. The van der Waals surface area contributed by atoms with Crippen LogP contribution in [0.5, 0.6) is 0 Å². The summed E-state index contributed by atoms with van der Waals surface area (Å²) in [6, 6.07) is 2.39. The van der Waals surface area contributed by atoms with E-state index in [1.54, 1.807) is 6.92 Å². The van der Waals surface area contributed by atoms with E-state index < -0.39 is 16.4 Å². The molecule has 0 unspecified atom stereocenters. The summed E-state index contributed by atoms with van der Waals surface area (Å²) in [4.78, 5) is 9.52. The van der Waals surface area contributed by atoms with E-state index >= 15 is 0 Å². The van der Waals surface area contributed by atoms with Gasteiger partial charge in [0.25, 0.3) is 0 Å². The van der Waals surface area contributed by atoms with Crippen molar-refractivity contribution in [2.24, 2.45) is 0 Å². The van der Waals surface area contributed by atoms with Gasteiger partial charge in [-0.3, -0.25) is 10.1 Å². The van der Waals surface area contributed by atoms with Gasteiger partial charge in [-0.2, -0.15) is 4.39 Å². The predicted molar refractivity (Wildman–Crippen MR) is 50.5 cm³/mol. The van der Waals surface area contributed by atoms with Crippen LogP contribution in [0.25, 0.3) is 0 Å². The van der Waals surface area contributed by atoms with Gasteiger partial charge in [-0.1, -0.05) is 0 Å². The van der Waals surface area contributed by atoms with Crippen molar-refractivity contribution < 1.29 is 9.31 Å². The van der Waals surface area contributed by atoms with E-state index in [0.29, 0.717) is 9.13 Å². The molecule has 64 valence electrons. The van der Waals surface area contributed by atoms with Crippen molar-refractivity contribution in [1.82, 2.24) is 0 Å². The van der Waals surface area contributed by atoms with Gasteiger partial charge in [0.2, 0.25) is 5.82 Å². The Morgan fingerprint density at radius 2 is 2.17 bits per heavy atom. The number of halogens is 2. The Kier molecular flexibility index (Phi) is 2.61. The average molecular weight is 281 g/mol. The lowest BCUT2D eigenvalue weighted by Gasteiger charge is -1.98. The van der Waals surface area contributed by atoms with E-state index in [4.69, 9.17) is 0 Å². The summed E-state index contributed by atoms with van der Waals surface area (Å²) in [5.41, 5.74) is 0.247. The van der Waals surface area contributed by atoms with Crippen molar-refractivity contribution in [2.75, 3.05) is 0 Å². The third-order valence-electron chi connectivity index (χ3n) is 1.42. The number of nitrogens with zero attached hydrogens (tertiary/aromatic N) is 1. The summed E-state index contributed by atoms with van der Waals surface area (Å²) in [5.74, 6) is -0.782. The summed E-state index contributed by atoms with van der Waals surface area (Å²) in [7, 11) is 0. The van der Waals surface area contributed by atoms with Gasteiger partial charge in [-0.05, 0) is 41.1 Å². The molecule has 0 atom stereocenters. The van der Waals surface area contributed by atoms with Crippen molar-refractivity contribution in [3.63, 3.8) is 0 Å². The highest BCUT2D eigenvalue weighted by Gasteiger charge is 2.14. The van der Waals surface area contributed by atoms with Crippen LogP contribution in [-0.4, -0.2) is 4.92 Å². The van der Waals surface area contributed by atoms with E-state index in [9.17, 15) is 14.5 Å². The maximum absolute atomic E-state index is 12.8. The molecular weight excluding hydrogens is 276 g/mol. The molecule has 3 nitrogen and oxygen atoms in total. The van der Waals surface area contributed by atoms with E-state index in [1.807, 2.05) is 22.6 Å². The quantitative estimate of drug-likeness (QED) is 0.451. The van der Waals surface area contributed by atoms with Gasteiger partial charge in [-0.25, -0.2) is 0 Å². The topological polar surface area (TPSA) is 43.1 Å². The van der Waals surface area contributed by atoms with Crippen molar-refractivity contribution in [3.05, 3.63) is 37.2 Å². The number of aryl methyl sites for hydroxylation is 1. The number of benzene rings is 1. The first kappa shape index (κ1) is 9.37. The minimum Gasteiger partial charge on any atom is -0.258 e. The van der Waals surface area contributed by atoms with Gasteiger partial charge >= 0.3 is 5.69 Å². The summed E-state index contributed by atoms with van der Waals surface area (Å²) < 4.78 is 13.5. The fraction of sp³-hybridized carbons (Fsp3) is 0.143. The van der Waals surface area contributed by atoms with Crippen LogP contribution in [0.15, 0.2) is 12.1 Å².